The Morgan fingerprint density at radius 1 is 1.69 bits per heavy atom. The van der Waals surface area contributed by atoms with Crippen molar-refractivity contribution in [3.05, 3.63) is 22.4 Å². The first kappa shape index (κ1) is 12.0. The molecule has 1 unspecified atom stereocenters. The fraction of sp³-hybridized carbons (Fsp3) is 0.545. The van der Waals surface area contributed by atoms with Gasteiger partial charge in [-0.2, -0.15) is 0 Å². The Kier molecular flexibility index (Phi) is 4.29. The van der Waals surface area contributed by atoms with Gasteiger partial charge in [0.05, 0.1) is 6.61 Å². The highest BCUT2D eigenvalue weighted by molar-refractivity contribution is 7.80. The predicted molar refractivity (Wildman–Crippen MR) is 71.0 cm³/mol. The van der Waals surface area contributed by atoms with Gasteiger partial charge in [-0.3, -0.25) is 4.90 Å². The van der Waals surface area contributed by atoms with Gasteiger partial charge in [-0.1, -0.05) is 18.3 Å². The van der Waals surface area contributed by atoms with Gasteiger partial charge in [0.1, 0.15) is 11.1 Å². The topological polar surface area (TPSA) is 38.5 Å². The molecular weight excluding hydrogens is 240 g/mol. The van der Waals surface area contributed by atoms with E-state index in [4.69, 9.17) is 22.7 Å². The van der Waals surface area contributed by atoms with E-state index in [0.717, 1.165) is 32.7 Å². The summed E-state index contributed by atoms with van der Waals surface area (Å²) < 4.78 is 5.50. The molecule has 2 heterocycles. The van der Waals surface area contributed by atoms with Crippen molar-refractivity contribution in [2.24, 2.45) is 5.73 Å². The third kappa shape index (κ3) is 3.25. The van der Waals surface area contributed by atoms with Crippen molar-refractivity contribution >= 4 is 28.5 Å². The first-order valence-corrected chi connectivity index (χ1v) is 6.70. The Morgan fingerprint density at radius 3 is 3.25 bits per heavy atom. The van der Waals surface area contributed by atoms with Crippen molar-refractivity contribution in [2.45, 2.75) is 12.5 Å². The fourth-order valence-corrected chi connectivity index (χ4v) is 2.64. The molecule has 0 amide bonds. The van der Waals surface area contributed by atoms with Gasteiger partial charge in [0.2, 0.25) is 0 Å². The van der Waals surface area contributed by atoms with Gasteiger partial charge in [0, 0.05) is 24.5 Å². The van der Waals surface area contributed by atoms with Crippen LogP contribution in [-0.2, 0) is 11.2 Å². The van der Waals surface area contributed by atoms with Crippen LogP contribution in [0, 0.1) is 0 Å². The highest BCUT2D eigenvalue weighted by Crippen LogP contribution is 2.11. The number of ether oxygens (including phenoxy) is 1. The molecule has 1 atom stereocenters. The monoisotopic (exact) mass is 256 g/mol. The van der Waals surface area contributed by atoms with Crippen LogP contribution in [0.1, 0.15) is 4.88 Å². The number of hydrogen-bond donors (Lipinski definition) is 1. The molecule has 1 aliphatic heterocycles. The summed E-state index contributed by atoms with van der Waals surface area (Å²) in [7, 11) is 0. The van der Waals surface area contributed by atoms with Crippen LogP contribution in [0.25, 0.3) is 0 Å². The summed E-state index contributed by atoms with van der Waals surface area (Å²) in [5, 5.41) is 2.12. The maximum atomic E-state index is 5.60. The first-order chi connectivity index (χ1) is 7.75. The average molecular weight is 256 g/mol. The van der Waals surface area contributed by atoms with Crippen LogP contribution < -0.4 is 5.73 Å². The van der Waals surface area contributed by atoms with Crippen LogP contribution in [0.4, 0.5) is 0 Å². The minimum Gasteiger partial charge on any atom is -0.391 e. The van der Waals surface area contributed by atoms with Crippen molar-refractivity contribution in [3.8, 4) is 0 Å². The summed E-state index contributed by atoms with van der Waals surface area (Å²) in [6.07, 6.45) is 1.04. The van der Waals surface area contributed by atoms with Crippen LogP contribution in [0.3, 0.4) is 0 Å². The first-order valence-electron chi connectivity index (χ1n) is 5.41. The molecule has 0 aromatic carbocycles. The van der Waals surface area contributed by atoms with Crippen LogP contribution in [0.5, 0.6) is 0 Å². The summed E-state index contributed by atoms with van der Waals surface area (Å²) in [5.74, 6) is 0. The van der Waals surface area contributed by atoms with Crippen molar-refractivity contribution in [1.29, 1.82) is 0 Å². The Balaban J connectivity index is 1.79. The molecule has 88 valence electrons. The molecule has 1 saturated heterocycles. The van der Waals surface area contributed by atoms with E-state index in [0.29, 0.717) is 4.99 Å². The van der Waals surface area contributed by atoms with E-state index in [1.54, 1.807) is 0 Å². The molecular formula is C11H16N2OS2. The third-order valence-corrected chi connectivity index (χ3v) is 3.92. The van der Waals surface area contributed by atoms with Crippen molar-refractivity contribution in [1.82, 2.24) is 4.90 Å². The van der Waals surface area contributed by atoms with Crippen LogP contribution in [0.15, 0.2) is 17.5 Å². The highest BCUT2D eigenvalue weighted by atomic mass is 32.1. The van der Waals surface area contributed by atoms with Gasteiger partial charge in [0.25, 0.3) is 0 Å². The quantitative estimate of drug-likeness (QED) is 0.824. The molecule has 2 N–H and O–H groups in total. The van der Waals surface area contributed by atoms with E-state index in [-0.39, 0.29) is 6.10 Å². The zero-order valence-electron chi connectivity index (χ0n) is 9.09. The fourth-order valence-electron chi connectivity index (χ4n) is 1.80. The second kappa shape index (κ2) is 5.72. The zero-order valence-corrected chi connectivity index (χ0v) is 10.7. The van der Waals surface area contributed by atoms with Gasteiger partial charge in [0.15, 0.2) is 0 Å². The summed E-state index contributed by atoms with van der Waals surface area (Å²) in [6.45, 7) is 3.60. The molecule has 3 nitrogen and oxygen atoms in total. The number of nitrogens with zero attached hydrogens (tertiary/aromatic N) is 1. The van der Waals surface area contributed by atoms with Gasteiger partial charge >= 0.3 is 0 Å². The van der Waals surface area contributed by atoms with E-state index in [1.807, 2.05) is 11.3 Å². The number of morpholine rings is 1. The predicted octanol–water partition coefficient (Wildman–Crippen LogP) is 1.28. The standard InChI is InChI=1S/C11H16N2OS2/c12-11(15)10-8-13(5-6-14-10)4-3-9-2-1-7-16-9/h1-2,7,10H,3-6,8H2,(H2,12,15). The largest absolute Gasteiger partial charge is 0.391 e. The smallest absolute Gasteiger partial charge is 0.120 e. The molecule has 16 heavy (non-hydrogen) atoms. The molecule has 0 radical (unpaired) electrons. The van der Waals surface area contributed by atoms with Crippen molar-refractivity contribution < 1.29 is 4.74 Å². The molecule has 2 rings (SSSR count). The number of thiophene rings is 1. The summed E-state index contributed by atoms with van der Waals surface area (Å²) in [4.78, 5) is 4.27. The molecule has 1 aromatic rings. The lowest BCUT2D eigenvalue weighted by Gasteiger charge is -2.32. The Hall–Kier alpha value is -0.490. The lowest BCUT2D eigenvalue weighted by Crippen LogP contribution is -2.48. The number of rotatable bonds is 4. The molecule has 5 heteroatoms. The second-order valence-corrected chi connectivity index (χ2v) is 5.40. The minimum atomic E-state index is -0.0629. The lowest BCUT2D eigenvalue weighted by molar-refractivity contribution is 0.00781. The van der Waals surface area contributed by atoms with Gasteiger partial charge in [-0.05, 0) is 17.9 Å². The molecule has 1 aromatic heterocycles. The van der Waals surface area contributed by atoms with Crippen molar-refractivity contribution in [3.63, 3.8) is 0 Å². The number of hydrogen-bond acceptors (Lipinski definition) is 4. The molecule has 0 spiro atoms. The Bertz CT molecular complexity index is 340. The maximum absolute atomic E-state index is 5.60. The van der Waals surface area contributed by atoms with E-state index >= 15 is 0 Å². The highest BCUT2D eigenvalue weighted by Gasteiger charge is 2.21. The number of nitrogens with two attached hydrogens (primary N) is 1. The number of thiocarbonyl (C=S) groups is 1. The normalized spacial score (nSPS) is 22.1. The second-order valence-electron chi connectivity index (χ2n) is 3.89. The van der Waals surface area contributed by atoms with E-state index in [9.17, 15) is 0 Å². The molecule has 0 aliphatic carbocycles. The SMILES string of the molecule is NC(=S)C1CN(CCc2cccs2)CCO1. The molecule has 1 fully saturated rings. The summed E-state index contributed by atoms with van der Waals surface area (Å²) in [6, 6.07) is 4.27. The minimum absolute atomic E-state index is 0.0629. The van der Waals surface area contributed by atoms with Crippen LogP contribution in [-0.4, -0.2) is 42.2 Å². The maximum Gasteiger partial charge on any atom is 0.120 e. The average Bonchev–Trinajstić information content (AvgIpc) is 2.79. The summed E-state index contributed by atoms with van der Waals surface area (Å²) >= 11 is 6.77. The van der Waals surface area contributed by atoms with Gasteiger partial charge in [-0.25, -0.2) is 0 Å². The summed E-state index contributed by atoms with van der Waals surface area (Å²) in [5.41, 5.74) is 5.60. The Labute approximate surface area is 105 Å². The van der Waals surface area contributed by atoms with Gasteiger partial charge in [-0.15, -0.1) is 11.3 Å². The van der Waals surface area contributed by atoms with E-state index in [2.05, 4.69) is 22.4 Å². The van der Waals surface area contributed by atoms with E-state index in [1.165, 1.54) is 4.88 Å². The lowest BCUT2D eigenvalue weighted by atomic mass is 10.2. The van der Waals surface area contributed by atoms with Gasteiger partial charge < -0.3 is 10.5 Å². The van der Waals surface area contributed by atoms with E-state index < -0.39 is 0 Å². The van der Waals surface area contributed by atoms with Crippen LogP contribution in [0.2, 0.25) is 0 Å². The Morgan fingerprint density at radius 2 is 2.56 bits per heavy atom. The molecule has 0 saturated carbocycles. The molecule has 1 aliphatic rings. The van der Waals surface area contributed by atoms with Crippen LogP contribution >= 0.6 is 23.6 Å². The zero-order chi connectivity index (χ0) is 11.4. The third-order valence-electron chi connectivity index (χ3n) is 2.72. The van der Waals surface area contributed by atoms with Crippen molar-refractivity contribution in [2.75, 3.05) is 26.2 Å². The molecule has 0 bridgehead atoms.